The lowest BCUT2D eigenvalue weighted by atomic mass is 10.1. The summed E-state index contributed by atoms with van der Waals surface area (Å²) in [6.07, 6.45) is 5.22. The molecule has 0 aromatic heterocycles. The Balaban J connectivity index is 1.87. The molecule has 0 radical (unpaired) electrons. The highest BCUT2D eigenvalue weighted by molar-refractivity contribution is 7.99. The van der Waals surface area contributed by atoms with Crippen LogP contribution in [0.2, 0.25) is 0 Å². The van der Waals surface area contributed by atoms with Crippen molar-refractivity contribution in [3.8, 4) is 0 Å². The van der Waals surface area contributed by atoms with Gasteiger partial charge in [-0.25, -0.2) is 0 Å². The van der Waals surface area contributed by atoms with Gasteiger partial charge in [0.05, 0.1) is 5.84 Å². The average molecular weight is 198 g/mol. The molecule has 0 aromatic rings. The molecule has 0 aromatic carbocycles. The predicted molar refractivity (Wildman–Crippen MR) is 58.6 cm³/mol. The standard InChI is InChI=1S/C10H18N2S/c11-10(9-3-1-2-4-9)12-5-7-13-8-6-12/h9,11H,1-8H2. The molecule has 1 aliphatic carbocycles. The first kappa shape index (κ1) is 9.38. The maximum Gasteiger partial charge on any atom is 0.0990 e. The van der Waals surface area contributed by atoms with Gasteiger partial charge in [0.15, 0.2) is 0 Å². The van der Waals surface area contributed by atoms with E-state index in [1.807, 2.05) is 11.8 Å². The summed E-state index contributed by atoms with van der Waals surface area (Å²) < 4.78 is 0. The molecule has 0 amide bonds. The Morgan fingerprint density at radius 1 is 1.15 bits per heavy atom. The van der Waals surface area contributed by atoms with Crippen molar-refractivity contribution in [3.05, 3.63) is 0 Å². The van der Waals surface area contributed by atoms with Crippen molar-refractivity contribution >= 4 is 17.6 Å². The molecule has 0 atom stereocenters. The molecule has 0 spiro atoms. The van der Waals surface area contributed by atoms with Gasteiger partial charge < -0.3 is 4.90 Å². The van der Waals surface area contributed by atoms with Crippen molar-refractivity contribution in [2.75, 3.05) is 24.6 Å². The van der Waals surface area contributed by atoms with E-state index < -0.39 is 0 Å². The molecular weight excluding hydrogens is 180 g/mol. The smallest absolute Gasteiger partial charge is 0.0990 e. The van der Waals surface area contributed by atoms with Crippen molar-refractivity contribution in [1.82, 2.24) is 4.90 Å². The molecule has 0 bridgehead atoms. The summed E-state index contributed by atoms with van der Waals surface area (Å²) in [6.45, 7) is 2.22. The second-order valence-corrected chi connectivity index (χ2v) is 5.19. The third-order valence-electron chi connectivity index (χ3n) is 3.09. The summed E-state index contributed by atoms with van der Waals surface area (Å²) in [5, 5.41) is 8.10. The average Bonchev–Trinajstić information content (AvgIpc) is 2.71. The molecule has 2 fully saturated rings. The van der Waals surface area contributed by atoms with Crippen LogP contribution in [0.4, 0.5) is 0 Å². The molecule has 1 N–H and O–H groups in total. The second kappa shape index (κ2) is 4.36. The highest BCUT2D eigenvalue weighted by Gasteiger charge is 2.24. The Bertz CT molecular complexity index is 181. The fourth-order valence-electron chi connectivity index (χ4n) is 2.26. The molecule has 2 rings (SSSR count). The van der Waals surface area contributed by atoms with Crippen molar-refractivity contribution in [2.45, 2.75) is 25.7 Å². The highest BCUT2D eigenvalue weighted by atomic mass is 32.2. The van der Waals surface area contributed by atoms with Gasteiger partial charge in [-0.3, -0.25) is 5.41 Å². The van der Waals surface area contributed by atoms with Crippen LogP contribution in [-0.4, -0.2) is 35.3 Å². The molecule has 2 nitrogen and oxygen atoms in total. The zero-order valence-electron chi connectivity index (χ0n) is 8.09. The lowest BCUT2D eigenvalue weighted by Crippen LogP contribution is -2.40. The van der Waals surface area contributed by atoms with E-state index in [0.717, 1.165) is 18.9 Å². The summed E-state index contributed by atoms with van der Waals surface area (Å²) >= 11 is 2.02. The second-order valence-electron chi connectivity index (χ2n) is 3.97. The number of amidine groups is 1. The largest absolute Gasteiger partial charge is 0.359 e. The van der Waals surface area contributed by atoms with Gasteiger partial charge in [0.1, 0.15) is 0 Å². The van der Waals surface area contributed by atoms with E-state index >= 15 is 0 Å². The minimum Gasteiger partial charge on any atom is -0.359 e. The van der Waals surface area contributed by atoms with E-state index in [9.17, 15) is 0 Å². The summed E-state index contributed by atoms with van der Waals surface area (Å²) in [4.78, 5) is 2.30. The fourth-order valence-corrected chi connectivity index (χ4v) is 3.16. The van der Waals surface area contributed by atoms with E-state index in [1.54, 1.807) is 0 Å². The number of nitrogens with one attached hydrogen (secondary N) is 1. The Morgan fingerprint density at radius 3 is 2.38 bits per heavy atom. The first-order chi connectivity index (χ1) is 6.38. The first-order valence-electron chi connectivity index (χ1n) is 5.29. The normalized spacial score (nSPS) is 25.1. The minimum absolute atomic E-state index is 0.600. The van der Waals surface area contributed by atoms with Gasteiger partial charge in [0, 0.05) is 30.5 Å². The van der Waals surface area contributed by atoms with Crippen LogP contribution in [-0.2, 0) is 0 Å². The monoisotopic (exact) mass is 198 g/mol. The first-order valence-corrected chi connectivity index (χ1v) is 6.44. The lowest BCUT2D eigenvalue weighted by Gasteiger charge is -2.31. The van der Waals surface area contributed by atoms with Gasteiger partial charge >= 0.3 is 0 Å². The number of nitrogens with zero attached hydrogens (tertiary/aromatic N) is 1. The van der Waals surface area contributed by atoms with Crippen LogP contribution >= 0.6 is 11.8 Å². The topological polar surface area (TPSA) is 27.1 Å². The van der Waals surface area contributed by atoms with E-state index in [2.05, 4.69) is 4.90 Å². The lowest BCUT2D eigenvalue weighted by molar-refractivity contribution is 0.426. The Labute approximate surface area is 84.6 Å². The Kier molecular flexibility index (Phi) is 3.14. The van der Waals surface area contributed by atoms with Crippen LogP contribution in [0.3, 0.4) is 0 Å². The van der Waals surface area contributed by atoms with Crippen molar-refractivity contribution < 1.29 is 0 Å². The zero-order chi connectivity index (χ0) is 9.10. The van der Waals surface area contributed by atoms with Gasteiger partial charge in [-0.05, 0) is 12.8 Å². The SMILES string of the molecule is N=C(C1CCCC1)N1CCSCC1. The van der Waals surface area contributed by atoms with E-state index in [0.29, 0.717) is 5.92 Å². The molecule has 1 saturated carbocycles. The van der Waals surface area contributed by atoms with Crippen molar-refractivity contribution in [3.63, 3.8) is 0 Å². The van der Waals surface area contributed by atoms with Crippen LogP contribution < -0.4 is 0 Å². The number of rotatable bonds is 1. The summed E-state index contributed by atoms with van der Waals surface area (Å²) in [5.74, 6) is 3.98. The van der Waals surface area contributed by atoms with E-state index in [1.165, 1.54) is 37.2 Å². The maximum atomic E-state index is 8.10. The van der Waals surface area contributed by atoms with Gasteiger partial charge in [-0.2, -0.15) is 11.8 Å². The Morgan fingerprint density at radius 2 is 1.77 bits per heavy atom. The summed E-state index contributed by atoms with van der Waals surface area (Å²) in [6, 6.07) is 0. The van der Waals surface area contributed by atoms with Crippen LogP contribution in [0.5, 0.6) is 0 Å². The summed E-state index contributed by atoms with van der Waals surface area (Å²) in [5.41, 5.74) is 0. The number of thioether (sulfide) groups is 1. The molecule has 0 unspecified atom stereocenters. The van der Waals surface area contributed by atoms with Crippen LogP contribution in [0.1, 0.15) is 25.7 Å². The van der Waals surface area contributed by atoms with Gasteiger partial charge in [0.2, 0.25) is 0 Å². The molecule has 2 aliphatic rings. The third kappa shape index (κ3) is 2.19. The zero-order valence-corrected chi connectivity index (χ0v) is 8.91. The fraction of sp³-hybridized carbons (Fsp3) is 0.900. The van der Waals surface area contributed by atoms with E-state index in [-0.39, 0.29) is 0 Å². The highest BCUT2D eigenvalue weighted by Crippen LogP contribution is 2.27. The van der Waals surface area contributed by atoms with Crippen molar-refractivity contribution in [1.29, 1.82) is 5.41 Å². The molecule has 3 heteroatoms. The molecule has 13 heavy (non-hydrogen) atoms. The molecule has 1 saturated heterocycles. The molecule has 1 heterocycles. The Hall–Kier alpha value is -0.180. The quantitative estimate of drug-likeness (QED) is 0.516. The predicted octanol–water partition coefficient (Wildman–Crippen LogP) is 2.20. The van der Waals surface area contributed by atoms with E-state index in [4.69, 9.17) is 5.41 Å². The maximum absolute atomic E-state index is 8.10. The van der Waals surface area contributed by atoms with Gasteiger partial charge in [-0.15, -0.1) is 0 Å². The van der Waals surface area contributed by atoms with Crippen molar-refractivity contribution in [2.24, 2.45) is 5.92 Å². The molecule has 74 valence electrons. The van der Waals surface area contributed by atoms with Gasteiger partial charge in [-0.1, -0.05) is 12.8 Å². The number of hydrogen-bond acceptors (Lipinski definition) is 2. The van der Waals surface area contributed by atoms with Gasteiger partial charge in [0.25, 0.3) is 0 Å². The molecule has 1 aliphatic heterocycles. The third-order valence-corrected chi connectivity index (χ3v) is 4.04. The number of hydrogen-bond donors (Lipinski definition) is 1. The summed E-state index contributed by atoms with van der Waals surface area (Å²) in [7, 11) is 0. The molecular formula is C10H18N2S. The van der Waals surface area contributed by atoms with Crippen LogP contribution in [0, 0.1) is 11.3 Å². The minimum atomic E-state index is 0.600. The van der Waals surface area contributed by atoms with Crippen LogP contribution in [0.25, 0.3) is 0 Å². The van der Waals surface area contributed by atoms with Crippen LogP contribution in [0.15, 0.2) is 0 Å².